The number of methoxy groups -OCH3 is 1. The van der Waals surface area contributed by atoms with E-state index in [1.54, 1.807) is 13.3 Å². The van der Waals surface area contributed by atoms with Gasteiger partial charge in [-0.1, -0.05) is 17.7 Å². The summed E-state index contributed by atoms with van der Waals surface area (Å²) < 4.78 is 7.14. The number of amides is 1. The molecule has 1 amide bonds. The van der Waals surface area contributed by atoms with Crippen LogP contribution in [-0.4, -0.2) is 27.8 Å². The average molecular weight is 477 g/mol. The lowest BCUT2D eigenvalue weighted by molar-refractivity contribution is 0.102. The van der Waals surface area contributed by atoms with Gasteiger partial charge in [0.05, 0.1) is 41.5 Å². The summed E-state index contributed by atoms with van der Waals surface area (Å²) in [6.07, 6.45) is 1.80. The Morgan fingerprint density at radius 3 is 2.39 bits per heavy atom. The average Bonchev–Trinajstić information content (AvgIpc) is 3.26. The number of carbonyl (C=O) groups excluding carboxylic acids is 1. The fourth-order valence-corrected chi connectivity index (χ4v) is 4.33. The molecule has 0 saturated carbocycles. The van der Waals surface area contributed by atoms with E-state index < -0.39 is 0 Å². The van der Waals surface area contributed by atoms with E-state index in [4.69, 9.17) is 9.72 Å². The highest BCUT2D eigenvalue weighted by atomic mass is 16.5. The first-order valence-electron chi connectivity index (χ1n) is 11.8. The molecule has 0 spiro atoms. The van der Waals surface area contributed by atoms with Crippen LogP contribution >= 0.6 is 0 Å². The van der Waals surface area contributed by atoms with E-state index >= 15 is 0 Å². The van der Waals surface area contributed by atoms with Gasteiger partial charge in [0.2, 0.25) is 0 Å². The number of anilines is 1. The largest absolute Gasteiger partial charge is 0.497 e. The number of hydrogen-bond donors (Lipinski definition) is 1. The van der Waals surface area contributed by atoms with E-state index in [0.29, 0.717) is 11.3 Å². The minimum atomic E-state index is -0.169. The smallest absolute Gasteiger partial charge is 0.256 e. The quantitative estimate of drug-likeness (QED) is 0.311. The lowest BCUT2D eigenvalue weighted by Crippen LogP contribution is -2.13. The standard InChI is InChI=1S/C30H28N4O2/c1-18-6-13-28-25(14-18)26(30(35)32-22-8-7-19(2)20(3)15-22)16-29(33-28)27-17-31-34(21(27)4)23-9-11-24(36-5)12-10-23/h6-17H,1-5H3,(H,32,35). The van der Waals surface area contributed by atoms with Crippen molar-refractivity contribution in [3.63, 3.8) is 0 Å². The second-order valence-electron chi connectivity index (χ2n) is 9.08. The van der Waals surface area contributed by atoms with Crippen molar-refractivity contribution in [1.82, 2.24) is 14.8 Å². The Labute approximate surface area is 210 Å². The fourth-order valence-electron chi connectivity index (χ4n) is 4.33. The van der Waals surface area contributed by atoms with Gasteiger partial charge in [-0.25, -0.2) is 9.67 Å². The lowest BCUT2D eigenvalue weighted by Gasteiger charge is -2.12. The van der Waals surface area contributed by atoms with Crippen molar-refractivity contribution in [3.05, 3.63) is 101 Å². The van der Waals surface area contributed by atoms with Crippen LogP contribution in [0, 0.1) is 27.7 Å². The zero-order valence-corrected chi connectivity index (χ0v) is 21.1. The molecule has 0 fully saturated rings. The number of benzene rings is 3. The monoisotopic (exact) mass is 476 g/mol. The zero-order valence-electron chi connectivity index (χ0n) is 21.1. The second kappa shape index (κ2) is 9.30. The van der Waals surface area contributed by atoms with Gasteiger partial charge in [0.1, 0.15) is 5.75 Å². The highest BCUT2D eigenvalue weighted by Gasteiger charge is 2.18. The molecule has 0 aliphatic carbocycles. The molecule has 0 aliphatic rings. The van der Waals surface area contributed by atoms with Gasteiger partial charge < -0.3 is 10.1 Å². The molecule has 0 aliphatic heterocycles. The van der Waals surface area contributed by atoms with Crippen LogP contribution in [0.5, 0.6) is 5.75 Å². The van der Waals surface area contributed by atoms with Crippen LogP contribution in [0.25, 0.3) is 27.8 Å². The number of fused-ring (bicyclic) bond motifs is 1. The summed E-state index contributed by atoms with van der Waals surface area (Å²) in [6.45, 7) is 8.11. The maximum atomic E-state index is 13.5. The first-order chi connectivity index (χ1) is 17.3. The molecule has 0 bridgehead atoms. The van der Waals surface area contributed by atoms with Gasteiger partial charge in [0.15, 0.2) is 0 Å². The van der Waals surface area contributed by atoms with Gasteiger partial charge >= 0.3 is 0 Å². The number of pyridine rings is 1. The Morgan fingerprint density at radius 1 is 0.889 bits per heavy atom. The summed E-state index contributed by atoms with van der Waals surface area (Å²) in [7, 11) is 1.65. The molecule has 6 heteroatoms. The van der Waals surface area contributed by atoms with Crippen LogP contribution in [0.4, 0.5) is 5.69 Å². The highest BCUT2D eigenvalue weighted by Crippen LogP contribution is 2.30. The summed E-state index contributed by atoms with van der Waals surface area (Å²) in [5, 5.41) is 8.50. The van der Waals surface area contributed by atoms with Crippen LogP contribution in [0.15, 0.2) is 72.9 Å². The normalized spacial score (nSPS) is 11.0. The molecule has 2 aromatic heterocycles. The minimum absolute atomic E-state index is 0.169. The molecular weight excluding hydrogens is 448 g/mol. The van der Waals surface area contributed by atoms with Gasteiger partial charge in [0.25, 0.3) is 5.91 Å². The Hall–Kier alpha value is -4.45. The Balaban J connectivity index is 1.58. The predicted octanol–water partition coefficient (Wildman–Crippen LogP) is 6.58. The molecule has 0 unspecified atom stereocenters. The number of aromatic nitrogens is 3. The first kappa shape index (κ1) is 23.3. The summed E-state index contributed by atoms with van der Waals surface area (Å²) in [5.41, 5.74) is 8.92. The molecule has 0 radical (unpaired) electrons. The molecule has 3 aromatic carbocycles. The second-order valence-corrected chi connectivity index (χ2v) is 9.08. The van der Waals surface area contributed by atoms with Crippen LogP contribution < -0.4 is 10.1 Å². The molecule has 6 nitrogen and oxygen atoms in total. The predicted molar refractivity (Wildman–Crippen MR) is 144 cm³/mol. The van der Waals surface area contributed by atoms with Gasteiger partial charge in [0, 0.05) is 16.6 Å². The molecule has 2 heterocycles. The Morgan fingerprint density at radius 2 is 1.67 bits per heavy atom. The van der Waals surface area contributed by atoms with E-state index in [1.165, 1.54) is 5.56 Å². The van der Waals surface area contributed by atoms with Crippen LogP contribution in [0.1, 0.15) is 32.7 Å². The Bertz CT molecular complexity index is 1600. The van der Waals surface area contributed by atoms with Crippen molar-refractivity contribution in [3.8, 4) is 22.7 Å². The van der Waals surface area contributed by atoms with Crippen LogP contribution in [-0.2, 0) is 0 Å². The van der Waals surface area contributed by atoms with E-state index in [1.807, 2.05) is 92.2 Å². The van der Waals surface area contributed by atoms with E-state index in [-0.39, 0.29) is 5.91 Å². The highest BCUT2D eigenvalue weighted by molar-refractivity contribution is 6.13. The van der Waals surface area contributed by atoms with Crippen molar-refractivity contribution < 1.29 is 9.53 Å². The third-order valence-corrected chi connectivity index (χ3v) is 6.58. The van der Waals surface area contributed by atoms with Crippen molar-refractivity contribution in [2.45, 2.75) is 27.7 Å². The summed E-state index contributed by atoms with van der Waals surface area (Å²) in [4.78, 5) is 18.4. The number of hydrogen-bond acceptors (Lipinski definition) is 4. The van der Waals surface area contributed by atoms with Gasteiger partial charge in [-0.2, -0.15) is 5.10 Å². The summed E-state index contributed by atoms with van der Waals surface area (Å²) in [5.74, 6) is 0.618. The van der Waals surface area contributed by atoms with E-state index in [9.17, 15) is 4.79 Å². The maximum Gasteiger partial charge on any atom is 0.256 e. The van der Waals surface area contributed by atoms with Gasteiger partial charge in [-0.3, -0.25) is 4.79 Å². The van der Waals surface area contributed by atoms with Crippen LogP contribution in [0.2, 0.25) is 0 Å². The van der Waals surface area contributed by atoms with Crippen LogP contribution in [0.3, 0.4) is 0 Å². The summed E-state index contributed by atoms with van der Waals surface area (Å²) >= 11 is 0. The number of nitrogens with zero attached hydrogens (tertiary/aromatic N) is 3. The Kier molecular flexibility index (Phi) is 6.02. The number of nitrogens with one attached hydrogen (secondary N) is 1. The third-order valence-electron chi connectivity index (χ3n) is 6.58. The molecule has 5 aromatic rings. The summed E-state index contributed by atoms with van der Waals surface area (Å²) in [6, 6.07) is 21.5. The molecule has 5 rings (SSSR count). The maximum absolute atomic E-state index is 13.5. The lowest BCUT2D eigenvalue weighted by atomic mass is 10.0. The SMILES string of the molecule is COc1ccc(-n2ncc(-c3cc(C(=O)Nc4ccc(C)c(C)c4)c4cc(C)ccc4n3)c2C)cc1. The first-order valence-corrected chi connectivity index (χ1v) is 11.8. The molecule has 180 valence electrons. The number of carbonyl (C=O) groups is 1. The molecule has 36 heavy (non-hydrogen) atoms. The molecule has 0 atom stereocenters. The number of ether oxygens (including phenoxy) is 1. The zero-order chi connectivity index (χ0) is 25.4. The van der Waals surface area contributed by atoms with Crippen molar-refractivity contribution in [2.24, 2.45) is 0 Å². The topological polar surface area (TPSA) is 69.0 Å². The number of rotatable bonds is 5. The molecule has 0 saturated heterocycles. The fraction of sp³-hybridized carbons (Fsp3) is 0.167. The number of aryl methyl sites for hydroxylation is 3. The molecule has 1 N–H and O–H groups in total. The molecular formula is C30H28N4O2. The van der Waals surface area contributed by atoms with E-state index in [2.05, 4.69) is 17.3 Å². The third kappa shape index (κ3) is 4.33. The van der Waals surface area contributed by atoms with Crippen molar-refractivity contribution in [1.29, 1.82) is 0 Å². The van der Waals surface area contributed by atoms with Crippen molar-refractivity contribution >= 4 is 22.5 Å². The van der Waals surface area contributed by atoms with Gasteiger partial charge in [-0.15, -0.1) is 0 Å². The van der Waals surface area contributed by atoms with Crippen molar-refractivity contribution in [2.75, 3.05) is 12.4 Å². The minimum Gasteiger partial charge on any atom is -0.497 e. The van der Waals surface area contributed by atoms with Gasteiger partial charge in [-0.05, 0) is 93.4 Å². The van der Waals surface area contributed by atoms with E-state index in [0.717, 1.165) is 50.4 Å².